The molecule has 2 atom stereocenters. The zero-order chi connectivity index (χ0) is 14.6. The van der Waals surface area contributed by atoms with Gasteiger partial charge < -0.3 is 10.1 Å². The predicted molar refractivity (Wildman–Crippen MR) is 84.1 cm³/mol. The van der Waals surface area contributed by atoms with Crippen LogP contribution in [0.25, 0.3) is 0 Å². The minimum absolute atomic E-state index is 0.149. The number of ether oxygens (including phenoxy) is 1. The van der Waals surface area contributed by atoms with Crippen LogP contribution in [0, 0.1) is 5.82 Å². The van der Waals surface area contributed by atoms with E-state index in [0.29, 0.717) is 5.75 Å². The van der Waals surface area contributed by atoms with Crippen molar-refractivity contribution in [1.29, 1.82) is 0 Å². The average molecular weight is 297 g/mol. The molecular formula is C16H24FNOS. The fourth-order valence-corrected chi connectivity index (χ4v) is 4.30. The molecule has 4 heteroatoms. The van der Waals surface area contributed by atoms with Crippen molar-refractivity contribution in [3.8, 4) is 5.75 Å². The second-order valence-electron chi connectivity index (χ2n) is 5.55. The number of benzene rings is 1. The lowest BCUT2D eigenvalue weighted by Gasteiger charge is -2.34. The number of hydrogen-bond acceptors (Lipinski definition) is 3. The van der Waals surface area contributed by atoms with Crippen LogP contribution in [-0.2, 0) is 0 Å². The standard InChI is InChI=1S/C16H24FNOS/c1-4-9-18-15(16(2)8-5-10-20-16)12-6-7-14(19-3)13(17)11-12/h6-7,11,15,18H,4-5,8-10H2,1-3H3. The van der Waals surface area contributed by atoms with Crippen LogP contribution < -0.4 is 10.1 Å². The molecule has 1 N–H and O–H groups in total. The molecule has 112 valence electrons. The van der Waals surface area contributed by atoms with Crippen molar-refractivity contribution < 1.29 is 9.13 Å². The molecule has 1 fully saturated rings. The van der Waals surface area contributed by atoms with Gasteiger partial charge in [0, 0.05) is 10.8 Å². The first-order valence-electron chi connectivity index (χ1n) is 7.31. The first-order valence-corrected chi connectivity index (χ1v) is 8.30. The molecule has 1 aliphatic rings. The average Bonchev–Trinajstić information content (AvgIpc) is 2.87. The molecule has 2 rings (SSSR count). The molecule has 1 aliphatic heterocycles. The Morgan fingerprint density at radius 1 is 1.50 bits per heavy atom. The summed E-state index contributed by atoms with van der Waals surface area (Å²) in [5.74, 6) is 1.23. The molecule has 0 saturated carbocycles. The maximum absolute atomic E-state index is 14.0. The molecule has 20 heavy (non-hydrogen) atoms. The summed E-state index contributed by atoms with van der Waals surface area (Å²) in [6.07, 6.45) is 3.49. The van der Waals surface area contributed by atoms with Crippen LogP contribution in [0.1, 0.15) is 44.7 Å². The lowest BCUT2D eigenvalue weighted by atomic mass is 9.90. The molecule has 1 saturated heterocycles. The van der Waals surface area contributed by atoms with Crippen molar-refractivity contribution in [2.45, 2.75) is 43.9 Å². The van der Waals surface area contributed by atoms with Gasteiger partial charge in [0.1, 0.15) is 0 Å². The van der Waals surface area contributed by atoms with Crippen molar-refractivity contribution in [2.75, 3.05) is 19.4 Å². The van der Waals surface area contributed by atoms with Crippen LogP contribution in [0.5, 0.6) is 5.75 Å². The Morgan fingerprint density at radius 3 is 2.85 bits per heavy atom. The maximum atomic E-state index is 14.0. The van der Waals surface area contributed by atoms with Crippen molar-refractivity contribution in [3.05, 3.63) is 29.6 Å². The summed E-state index contributed by atoms with van der Waals surface area (Å²) >= 11 is 2.00. The third-order valence-corrected chi connectivity index (χ3v) is 5.56. The Hall–Kier alpha value is -0.740. The number of methoxy groups -OCH3 is 1. The highest BCUT2D eigenvalue weighted by molar-refractivity contribution is 8.00. The molecule has 0 amide bonds. The van der Waals surface area contributed by atoms with Crippen LogP contribution in [0.2, 0.25) is 0 Å². The Bertz CT molecular complexity index is 446. The van der Waals surface area contributed by atoms with Gasteiger partial charge in [0.05, 0.1) is 7.11 Å². The highest BCUT2D eigenvalue weighted by Crippen LogP contribution is 2.46. The predicted octanol–water partition coefficient (Wildman–Crippen LogP) is 4.16. The normalized spacial score (nSPS) is 23.8. The minimum Gasteiger partial charge on any atom is -0.494 e. The third kappa shape index (κ3) is 3.29. The molecular weight excluding hydrogens is 273 g/mol. The SMILES string of the molecule is CCCNC(c1ccc(OC)c(F)c1)C1(C)CCCS1. The Kier molecular flexibility index (Phi) is 5.33. The van der Waals surface area contributed by atoms with E-state index in [0.717, 1.165) is 18.5 Å². The first kappa shape index (κ1) is 15.6. The van der Waals surface area contributed by atoms with Crippen molar-refractivity contribution in [3.63, 3.8) is 0 Å². The fraction of sp³-hybridized carbons (Fsp3) is 0.625. The molecule has 1 aromatic rings. The van der Waals surface area contributed by atoms with E-state index in [1.807, 2.05) is 17.8 Å². The number of hydrogen-bond donors (Lipinski definition) is 1. The van der Waals surface area contributed by atoms with Crippen molar-refractivity contribution in [1.82, 2.24) is 5.32 Å². The second kappa shape index (κ2) is 6.81. The van der Waals surface area contributed by atoms with E-state index in [1.54, 1.807) is 12.1 Å². The van der Waals surface area contributed by atoms with E-state index < -0.39 is 0 Å². The third-order valence-electron chi connectivity index (χ3n) is 3.97. The van der Waals surface area contributed by atoms with E-state index in [1.165, 1.54) is 25.7 Å². The summed E-state index contributed by atoms with van der Waals surface area (Å²) in [5, 5.41) is 3.60. The quantitative estimate of drug-likeness (QED) is 0.852. The second-order valence-corrected chi connectivity index (χ2v) is 7.18. The molecule has 0 aromatic heterocycles. The lowest BCUT2D eigenvalue weighted by molar-refractivity contribution is 0.381. The van der Waals surface area contributed by atoms with E-state index in [2.05, 4.69) is 19.2 Å². The fourth-order valence-electron chi connectivity index (χ4n) is 2.87. The van der Waals surface area contributed by atoms with E-state index >= 15 is 0 Å². The summed E-state index contributed by atoms with van der Waals surface area (Å²) in [6, 6.07) is 5.53. The zero-order valence-electron chi connectivity index (χ0n) is 12.5. The molecule has 0 bridgehead atoms. The summed E-state index contributed by atoms with van der Waals surface area (Å²) in [4.78, 5) is 0. The van der Waals surface area contributed by atoms with Gasteiger partial charge in [-0.15, -0.1) is 0 Å². The van der Waals surface area contributed by atoms with Crippen LogP contribution >= 0.6 is 11.8 Å². The van der Waals surface area contributed by atoms with Crippen LogP contribution in [0.15, 0.2) is 18.2 Å². The highest BCUT2D eigenvalue weighted by Gasteiger charge is 2.38. The molecule has 2 nitrogen and oxygen atoms in total. The van der Waals surface area contributed by atoms with Crippen molar-refractivity contribution in [2.24, 2.45) is 0 Å². The summed E-state index contributed by atoms with van der Waals surface area (Å²) in [5.41, 5.74) is 1.02. The zero-order valence-corrected chi connectivity index (χ0v) is 13.4. The maximum Gasteiger partial charge on any atom is 0.165 e. The molecule has 1 aromatic carbocycles. The summed E-state index contributed by atoms with van der Waals surface area (Å²) in [7, 11) is 1.50. The van der Waals surface area contributed by atoms with Gasteiger partial charge >= 0.3 is 0 Å². The topological polar surface area (TPSA) is 21.3 Å². The minimum atomic E-state index is -0.278. The summed E-state index contributed by atoms with van der Waals surface area (Å²) < 4.78 is 19.1. The monoisotopic (exact) mass is 297 g/mol. The van der Waals surface area contributed by atoms with Crippen LogP contribution in [-0.4, -0.2) is 24.2 Å². The lowest BCUT2D eigenvalue weighted by Crippen LogP contribution is -2.38. The molecule has 0 aliphatic carbocycles. The van der Waals surface area contributed by atoms with Gasteiger partial charge in [0.25, 0.3) is 0 Å². The smallest absolute Gasteiger partial charge is 0.165 e. The Balaban J connectivity index is 2.28. The molecule has 0 spiro atoms. The van der Waals surface area contributed by atoms with E-state index in [4.69, 9.17) is 4.74 Å². The van der Waals surface area contributed by atoms with E-state index in [9.17, 15) is 4.39 Å². The van der Waals surface area contributed by atoms with Gasteiger partial charge in [-0.3, -0.25) is 0 Å². The van der Waals surface area contributed by atoms with Gasteiger partial charge in [0.2, 0.25) is 0 Å². The number of rotatable bonds is 6. The molecule has 0 radical (unpaired) electrons. The van der Waals surface area contributed by atoms with Gasteiger partial charge in [0.15, 0.2) is 11.6 Å². The van der Waals surface area contributed by atoms with Crippen LogP contribution in [0.4, 0.5) is 4.39 Å². The number of nitrogens with one attached hydrogen (secondary N) is 1. The van der Waals surface area contributed by atoms with E-state index in [-0.39, 0.29) is 16.6 Å². The van der Waals surface area contributed by atoms with Crippen LogP contribution in [0.3, 0.4) is 0 Å². The Morgan fingerprint density at radius 2 is 2.30 bits per heavy atom. The largest absolute Gasteiger partial charge is 0.494 e. The van der Waals surface area contributed by atoms with Crippen molar-refractivity contribution >= 4 is 11.8 Å². The number of halogens is 1. The number of thioether (sulfide) groups is 1. The Labute approximate surface area is 125 Å². The first-order chi connectivity index (χ1) is 9.60. The van der Waals surface area contributed by atoms with Gasteiger partial charge in [-0.1, -0.05) is 13.0 Å². The van der Waals surface area contributed by atoms with Gasteiger partial charge in [-0.2, -0.15) is 11.8 Å². The van der Waals surface area contributed by atoms with Gasteiger partial charge in [-0.25, -0.2) is 4.39 Å². The molecule has 2 unspecified atom stereocenters. The van der Waals surface area contributed by atoms with Gasteiger partial charge in [-0.05, 0) is 56.2 Å². The summed E-state index contributed by atoms with van der Waals surface area (Å²) in [6.45, 7) is 5.40. The molecule has 1 heterocycles. The highest BCUT2D eigenvalue weighted by atomic mass is 32.2.